The third-order valence-corrected chi connectivity index (χ3v) is 6.97. The van der Waals surface area contributed by atoms with Gasteiger partial charge in [-0.3, -0.25) is 9.59 Å². The topological polar surface area (TPSA) is 108 Å². The van der Waals surface area contributed by atoms with E-state index in [9.17, 15) is 22.6 Å². The molecule has 1 aromatic heterocycles. The number of anilines is 2. The van der Waals surface area contributed by atoms with Crippen molar-refractivity contribution in [2.75, 3.05) is 5.32 Å². The van der Waals surface area contributed by atoms with Gasteiger partial charge in [0.15, 0.2) is 5.78 Å². The van der Waals surface area contributed by atoms with E-state index in [1.807, 2.05) is 18.2 Å². The second kappa shape index (κ2) is 9.72. The van der Waals surface area contributed by atoms with Crippen LogP contribution in [-0.2, 0) is 16.7 Å². The Morgan fingerprint density at radius 2 is 1.60 bits per heavy atom. The first-order valence-corrected chi connectivity index (χ1v) is 12.4. The predicted octanol–water partition coefficient (Wildman–Crippen LogP) is 1.66. The van der Waals surface area contributed by atoms with Crippen molar-refractivity contribution < 1.29 is 47.3 Å². The number of rotatable bonds is 6. The van der Waals surface area contributed by atoms with Crippen LogP contribution >= 0.6 is 0 Å². The maximum Gasteiger partial charge on any atom is 1.00 e. The molecule has 0 saturated heterocycles. The summed E-state index contributed by atoms with van der Waals surface area (Å²) in [4.78, 5) is 26.3. The molecule has 1 aliphatic rings. The number of hydrogen-bond donors (Lipinski definition) is 1. The van der Waals surface area contributed by atoms with Gasteiger partial charge in [0.25, 0.3) is 5.56 Å². The van der Waals surface area contributed by atoms with Crippen LogP contribution < -0.4 is 40.4 Å². The Balaban J connectivity index is 0.00000289. The first kappa shape index (κ1) is 25.3. The van der Waals surface area contributed by atoms with Crippen LogP contribution in [0.1, 0.15) is 35.7 Å². The molecule has 0 unspecified atom stereocenters. The molecule has 9 heteroatoms. The molecule has 0 atom stereocenters. The Kier molecular flexibility index (Phi) is 7.04. The zero-order valence-corrected chi connectivity index (χ0v) is 22.2. The molecular formula is C26H21N2NaO5S. The van der Waals surface area contributed by atoms with Gasteiger partial charge in [-0.1, -0.05) is 37.6 Å². The number of hydrogen-bond acceptors (Lipinski definition) is 6. The molecule has 0 aliphatic heterocycles. The van der Waals surface area contributed by atoms with Crippen LogP contribution in [-0.4, -0.2) is 23.3 Å². The maximum atomic E-state index is 13.7. The molecule has 172 valence electrons. The quantitative estimate of drug-likeness (QED) is 0.283. The smallest absolute Gasteiger partial charge is 0.744 e. The van der Waals surface area contributed by atoms with Crippen molar-refractivity contribution in [2.24, 2.45) is 0 Å². The van der Waals surface area contributed by atoms with Gasteiger partial charge in [0, 0.05) is 29.2 Å². The van der Waals surface area contributed by atoms with Crippen LogP contribution in [0.2, 0.25) is 0 Å². The summed E-state index contributed by atoms with van der Waals surface area (Å²) < 4.78 is 35.4. The number of nitrogens with one attached hydrogen (secondary N) is 1. The predicted molar refractivity (Wildman–Crippen MR) is 130 cm³/mol. The summed E-state index contributed by atoms with van der Waals surface area (Å²) in [7, 11) is -4.55. The second-order valence-electron chi connectivity index (χ2n) is 8.26. The summed E-state index contributed by atoms with van der Waals surface area (Å²) in [6.45, 7) is 2.61. The van der Waals surface area contributed by atoms with Crippen molar-refractivity contribution in [3.8, 4) is 11.1 Å². The van der Waals surface area contributed by atoms with Crippen LogP contribution in [0.4, 0.5) is 11.4 Å². The van der Waals surface area contributed by atoms with E-state index in [1.54, 1.807) is 28.8 Å². The number of unbranched alkanes of at least 4 members (excludes halogenated alkanes) is 1. The number of aromatic nitrogens is 1. The van der Waals surface area contributed by atoms with Gasteiger partial charge in [-0.25, -0.2) is 8.42 Å². The number of carbonyl (C=O) groups excluding carboxylic acids is 1. The third kappa shape index (κ3) is 4.48. The number of nitrogens with zero attached hydrogens (tertiary/aromatic N) is 1. The van der Waals surface area contributed by atoms with Crippen molar-refractivity contribution in [1.82, 2.24) is 4.57 Å². The maximum absolute atomic E-state index is 13.7. The fourth-order valence-corrected chi connectivity index (χ4v) is 4.96. The molecule has 0 amide bonds. The van der Waals surface area contributed by atoms with Gasteiger partial charge in [0.2, 0.25) is 0 Å². The molecule has 35 heavy (non-hydrogen) atoms. The number of carbonyl (C=O) groups is 1. The monoisotopic (exact) mass is 496 g/mol. The first-order valence-electron chi connectivity index (χ1n) is 11.0. The van der Waals surface area contributed by atoms with Crippen molar-refractivity contribution in [3.05, 3.63) is 88.2 Å². The number of pyridine rings is 1. The molecule has 0 bridgehead atoms. The number of benzene rings is 3. The van der Waals surface area contributed by atoms with Gasteiger partial charge in [0.05, 0.1) is 21.7 Å². The molecular weight excluding hydrogens is 475 g/mol. The van der Waals surface area contributed by atoms with Crippen LogP contribution in [0.15, 0.2) is 76.4 Å². The molecule has 4 aromatic rings. The Hall–Kier alpha value is -2.75. The molecule has 0 fully saturated rings. The van der Waals surface area contributed by atoms with E-state index in [1.165, 1.54) is 24.3 Å². The zero-order valence-electron chi connectivity index (χ0n) is 19.4. The molecule has 0 saturated carbocycles. The Labute approximate surface area is 224 Å². The molecule has 5 rings (SSSR count). The molecule has 3 aromatic carbocycles. The summed E-state index contributed by atoms with van der Waals surface area (Å²) in [6, 6.07) is 17.8. The standard InChI is InChI=1S/C26H22N2O5S.Na/c1-2-3-14-28-22-13-12-21(27-16-8-10-17(11-9-16)34(31,32)33)25-24(22)20(15-23(28)29)18-6-4-5-7-19(18)26(25)30;/h4-13,15,27H,2-3,14H2,1H3,(H,31,32,33);/q;+1/p-1. The Bertz CT molecular complexity index is 1630. The SMILES string of the molecule is CCCCn1c(=O)cc2c3c(c(Nc4ccc(S(=O)(=O)[O-])cc4)ccc31)C(=O)c1ccccc1-2.[Na+]. The van der Waals surface area contributed by atoms with Gasteiger partial charge >= 0.3 is 29.6 Å². The normalized spacial score (nSPS) is 12.2. The first-order chi connectivity index (χ1) is 16.3. The number of aryl methyl sites for hydroxylation is 1. The van der Waals surface area contributed by atoms with Gasteiger partial charge in [-0.05, 0) is 53.9 Å². The fourth-order valence-electron chi connectivity index (χ4n) is 4.49. The van der Waals surface area contributed by atoms with Gasteiger partial charge < -0.3 is 14.4 Å². The summed E-state index contributed by atoms with van der Waals surface area (Å²) in [5.74, 6) is -0.157. The van der Waals surface area contributed by atoms with Crippen molar-refractivity contribution in [3.63, 3.8) is 0 Å². The molecule has 0 spiro atoms. The second-order valence-corrected chi connectivity index (χ2v) is 9.64. The summed E-state index contributed by atoms with van der Waals surface area (Å²) in [6.07, 6.45) is 1.77. The fraction of sp³-hybridized carbons (Fsp3) is 0.154. The van der Waals surface area contributed by atoms with Crippen LogP contribution in [0.25, 0.3) is 22.0 Å². The van der Waals surface area contributed by atoms with Crippen molar-refractivity contribution in [2.45, 2.75) is 31.2 Å². The minimum Gasteiger partial charge on any atom is -0.744 e. The van der Waals surface area contributed by atoms with Gasteiger partial charge in [-0.15, -0.1) is 0 Å². The summed E-state index contributed by atoms with van der Waals surface area (Å²) >= 11 is 0. The zero-order chi connectivity index (χ0) is 24.0. The van der Waals surface area contributed by atoms with E-state index in [-0.39, 0.29) is 45.8 Å². The Morgan fingerprint density at radius 1 is 0.914 bits per heavy atom. The number of fused-ring (bicyclic) bond motifs is 2. The molecule has 1 aliphatic carbocycles. The van der Waals surface area contributed by atoms with E-state index in [4.69, 9.17) is 0 Å². The summed E-state index contributed by atoms with van der Waals surface area (Å²) in [5, 5.41) is 3.90. The van der Waals surface area contributed by atoms with E-state index < -0.39 is 10.1 Å². The molecule has 1 N–H and O–H groups in total. The number of ketones is 1. The molecule has 0 radical (unpaired) electrons. The van der Waals surface area contributed by atoms with E-state index in [0.29, 0.717) is 39.9 Å². The van der Waals surface area contributed by atoms with E-state index in [0.717, 1.165) is 24.0 Å². The van der Waals surface area contributed by atoms with E-state index >= 15 is 0 Å². The van der Waals surface area contributed by atoms with E-state index in [2.05, 4.69) is 12.2 Å². The van der Waals surface area contributed by atoms with Gasteiger partial charge in [0.1, 0.15) is 10.1 Å². The van der Waals surface area contributed by atoms with Crippen molar-refractivity contribution >= 4 is 38.2 Å². The van der Waals surface area contributed by atoms with Crippen LogP contribution in [0.3, 0.4) is 0 Å². The minimum atomic E-state index is -4.55. The summed E-state index contributed by atoms with van der Waals surface area (Å²) in [5.41, 5.74) is 4.07. The third-order valence-electron chi connectivity index (χ3n) is 6.12. The average Bonchev–Trinajstić information content (AvgIpc) is 2.82. The average molecular weight is 497 g/mol. The van der Waals surface area contributed by atoms with Crippen LogP contribution in [0, 0.1) is 0 Å². The molecule has 7 nitrogen and oxygen atoms in total. The van der Waals surface area contributed by atoms with Crippen molar-refractivity contribution in [1.29, 1.82) is 0 Å². The minimum absolute atomic E-state index is 0. The Morgan fingerprint density at radius 3 is 2.26 bits per heavy atom. The van der Waals surface area contributed by atoms with Gasteiger partial charge in [-0.2, -0.15) is 0 Å². The van der Waals surface area contributed by atoms with Crippen LogP contribution in [0.5, 0.6) is 0 Å². The largest absolute Gasteiger partial charge is 1.00 e. The molecule has 1 heterocycles.